The second-order valence-electron chi connectivity index (χ2n) is 10.7. The molecule has 18 heteroatoms. The predicted octanol–water partition coefficient (Wildman–Crippen LogP) is 6.22. The molecule has 15 nitrogen and oxygen atoms in total. The molecule has 3 rings (SSSR count). The summed E-state index contributed by atoms with van der Waals surface area (Å²) in [6, 6.07) is 5.61. The van der Waals surface area contributed by atoms with Crippen molar-refractivity contribution in [2.24, 2.45) is 0 Å². The third-order valence-corrected chi connectivity index (χ3v) is 7.82. The molecule has 0 radical (unpaired) electrons. The molecule has 1 heterocycles. The van der Waals surface area contributed by atoms with E-state index in [1.807, 2.05) is 27.7 Å². The average Bonchev–Trinajstić information content (AvgIpc) is 2.99. The van der Waals surface area contributed by atoms with Gasteiger partial charge in [0, 0.05) is 18.7 Å². The van der Waals surface area contributed by atoms with E-state index in [4.69, 9.17) is 9.05 Å². The van der Waals surface area contributed by atoms with Crippen molar-refractivity contribution in [2.75, 3.05) is 16.8 Å². The quantitative estimate of drug-likeness (QED) is 0.0855. The number of hydrogen-bond donors (Lipinski definition) is 7. The number of amides is 1. The second kappa shape index (κ2) is 15.1. The van der Waals surface area contributed by atoms with Crippen molar-refractivity contribution >= 4 is 46.4 Å². The Hall–Kier alpha value is -3.22. The molecule has 0 saturated heterocycles. The van der Waals surface area contributed by atoms with Gasteiger partial charge in [-0.3, -0.25) is 34.2 Å². The van der Waals surface area contributed by atoms with Gasteiger partial charge in [-0.05, 0) is 65.5 Å². The maximum Gasteiger partial charge on any atom is 0.524 e. The Morgan fingerprint density at radius 1 is 0.761 bits per heavy atom. The van der Waals surface area contributed by atoms with Crippen molar-refractivity contribution in [2.45, 2.75) is 53.4 Å². The van der Waals surface area contributed by atoms with E-state index in [2.05, 4.69) is 22.0 Å². The standard InChI is InChI=1S/C28H37N2O13P3/c1-18(2)8-5-9-19(3)10-6-11-20(4)14-15-30-23-16-21(41-44(32,33)34)17-25(43-46(38,39)40)27(23)29-26-22(28(30)31)12-7-13-24(26)42-45(35,36)37/h7-8,10,12-14,16-17,29H,5-6,9,11,15H2,1-4H3,(H2,32,33,34)(H2,35,36,37)(H2,38,39,40). The lowest BCUT2D eigenvalue weighted by Crippen LogP contribution is -2.30. The van der Waals surface area contributed by atoms with Crippen LogP contribution in [-0.2, 0) is 13.7 Å². The number of carbonyl (C=O) groups excluding carboxylic acids is 1. The maximum absolute atomic E-state index is 14.0. The van der Waals surface area contributed by atoms with Crippen molar-refractivity contribution in [1.29, 1.82) is 0 Å². The molecule has 252 valence electrons. The third kappa shape index (κ3) is 11.5. The second-order valence-corrected chi connectivity index (χ2v) is 14.2. The summed E-state index contributed by atoms with van der Waals surface area (Å²) in [4.78, 5) is 72.0. The van der Waals surface area contributed by atoms with Crippen molar-refractivity contribution in [1.82, 2.24) is 0 Å². The van der Waals surface area contributed by atoms with Crippen LogP contribution in [0.1, 0.15) is 63.7 Å². The first kappa shape index (κ1) is 37.2. The van der Waals surface area contributed by atoms with Gasteiger partial charge in [-0.25, -0.2) is 13.7 Å². The smallest absolute Gasteiger partial charge is 0.404 e. The van der Waals surface area contributed by atoms with Gasteiger partial charge in [0.15, 0.2) is 11.5 Å². The third-order valence-electron chi connectivity index (χ3n) is 6.50. The highest BCUT2D eigenvalue weighted by atomic mass is 31.2. The number of fused-ring (bicyclic) bond motifs is 2. The summed E-state index contributed by atoms with van der Waals surface area (Å²) in [6.07, 6.45) is 9.25. The normalized spacial score (nSPS) is 14.1. The van der Waals surface area contributed by atoms with E-state index in [0.717, 1.165) is 47.9 Å². The monoisotopic (exact) mass is 702 g/mol. The molecule has 0 spiro atoms. The molecule has 2 aromatic rings. The Morgan fingerprint density at radius 2 is 1.33 bits per heavy atom. The number of nitrogens with one attached hydrogen (secondary N) is 1. The molecule has 1 amide bonds. The van der Waals surface area contributed by atoms with E-state index >= 15 is 0 Å². The molecule has 0 unspecified atom stereocenters. The zero-order valence-corrected chi connectivity index (χ0v) is 28.2. The van der Waals surface area contributed by atoms with Crippen molar-refractivity contribution in [3.63, 3.8) is 0 Å². The lowest BCUT2D eigenvalue weighted by Gasteiger charge is -2.24. The molecule has 0 aromatic heterocycles. The van der Waals surface area contributed by atoms with Crippen molar-refractivity contribution in [3.05, 3.63) is 70.8 Å². The summed E-state index contributed by atoms with van der Waals surface area (Å²) in [5.41, 5.74) is 2.46. The first-order valence-corrected chi connectivity index (χ1v) is 18.4. The number of para-hydroxylation sites is 1. The fraction of sp³-hybridized carbons (Fsp3) is 0.321. The summed E-state index contributed by atoms with van der Waals surface area (Å²) in [7, 11) is -15.7. The molecule has 0 bridgehead atoms. The van der Waals surface area contributed by atoms with E-state index in [1.165, 1.54) is 23.3 Å². The number of carbonyl (C=O) groups is 1. The number of phosphoric ester groups is 3. The van der Waals surface area contributed by atoms with Crippen LogP contribution >= 0.6 is 23.5 Å². The minimum atomic E-state index is -5.32. The maximum atomic E-state index is 14.0. The molecular weight excluding hydrogens is 665 g/mol. The van der Waals surface area contributed by atoms with Gasteiger partial charge >= 0.3 is 23.5 Å². The fourth-order valence-electron chi connectivity index (χ4n) is 4.49. The van der Waals surface area contributed by atoms with Gasteiger partial charge in [0.1, 0.15) is 11.4 Å². The van der Waals surface area contributed by atoms with E-state index in [0.29, 0.717) is 6.42 Å². The van der Waals surface area contributed by atoms with E-state index in [9.17, 15) is 47.9 Å². The van der Waals surface area contributed by atoms with Crippen LogP contribution < -0.4 is 23.8 Å². The fourth-order valence-corrected chi connectivity index (χ4v) is 5.68. The molecule has 2 aromatic carbocycles. The number of allylic oxidation sites excluding steroid dienone is 5. The molecule has 0 fully saturated rings. The molecule has 7 N–H and O–H groups in total. The van der Waals surface area contributed by atoms with Crippen LogP contribution in [-0.4, -0.2) is 41.8 Å². The molecule has 46 heavy (non-hydrogen) atoms. The van der Waals surface area contributed by atoms with Gasteiger partial charge in [0.25, 0.3) is 5.91 Å². The van der Waals surface area contributed by atoms with Crippen LogP contribution in [0.15, 0.2) is 65.3 Å². The first-order valence-electron chi connectivity index (χ1n) is 13.8. The zero-order valence-electron chi connectivity index (χ0n) is 25.5. The predicted molar refractivity (Wildman–Crippen MR) is 171 cm³/mol. The zero-order chi connectivity index (χ0) is 34.4. The van der Waals surface area contributed by atoms with Crippen LogP contribution in [0.4, 0.5) is 17.1 Å². The number of phosphoric acid groups is 3. The number of hydrogen-bond acceptors (Lipinski definition) is 8. The molecule has 1 aliphatic heterocycles. The first-order chi connectivity index (χ1) is 21.2. The molecule has 0 atom stereocenters. The number of benzene rings is 2. The molecule has 0 aliphatic carbocycles. The van der Waals surface area contributed by atoms with Gasteiger partial charge in [-0.1, -0.05) is 41.0 Å². The lowest BCUT2D eigenvalue weighted by atomic mass is 10.1. The Bertz CT molecular complexity index is 1700. The van der Waals surface area contributed by atoms with Crippen LogP contribution in [0.3, 0.4) is 0 Å². The highest BCUT2D eigenvalue weighted by Gasteiger charge is 2.34. The summed E-state index contributed by atoms with van der Waals surface area (Å²) in [6.45, 7) is 7.85. The van der Waals surface area contributed by atoms with Gasteiger partial charge in [-0.2, -0.15) is 0 Å². The summed E-state index contributed by atoms with van der Waals surface area (Å²) in [5.74, 6) is -2.52. The topological polar surface area (TPSA) is 233 Å². The minimum Gasteiger partial charge on any atom is -0.404 e. The highest BCUT2D eigenvalue weighted by molar-refractivity contribution is 7.47. The van der Waals surface area contributed by atoms with Crippen molar-refractivity contribution < 1.29 is 61.4 Å². The number of nitrogens with zero attached hydrogens (tertiary/aromatic N) is 1. The highest BCUT2D eigenvalue weighted by Crippen LogP contribution is 2.53. The molecular formula is C28H37N2O13P3. The number of anilines is 3. The van der Waals surface area contributed by atoms with E-state index in [1.54, 1.807) is 6.08 Å². The Labute approximate surface area is 265 Å². The number of rotatable bonds is 14. The van der Waals surface area contributed by atoms with Gasteiger partial charge in [-0.15, -0.1) is 0 Å². The Balaban J connectivity index is 2.11. The van der Waals surface area contributed by atoms with Gasteiger partial charge in [0.2, 0.25) is 0 Å². The Kier molecular flexibility index (Phi) is 12.2. The van der Waals surface area contributed by atoms with E-state index < -0.39 is 46.6 Å². The summed E-state index contributed by atoms with van der Waals surface area (Å²) < 4.78 is 49.5. The Morgan fingerprint density at radius 3 is 1.91 bits per heavy atom. The minimum absolute atomic E-state index is 0.139. The van der Waals surface area contributed by atoms with Crippen LogP contribution in [0.5, 0.6) is 17.2 Å². The average molecular weight is 703 g/mol. The largest absolute Gasteiger partial charge is 0.524 e. The van der Waals surface area contributed by atoms with Crippen molar-refractivity contribution in [3.8, 4) is 17.2 Å². The van der Waals surface area contributed by atoms with Gasteiger partial charge in [0.05, 0.1) is 16.9 Å². The molecule has 0 saturated carbocycles. The summed E-state index contributed by atoms with van der Waals surface area (Å²) in [5, 5.41) is 2.71. The summed E-state index contributed by atoms with van der Waals surface area (Å²) >= 11 is 0. The van der Waals surface area contributed by atoms with Gasteiger partial charge < -0.3 is 23.8 Å². The van der Waals surface area contributed by atoms with Crippen LogP contribution in [0, 0.1) is 0 Å². The van der Waals surface area contributed by atoms with Crippen LogP contribution in [0.25, 0.3) is 0 Å². The van der Waals surface area contributed by atoms with E-state index in [-0.39, 0.29) is 29.2 Å². The molecule has 1 aliphatic rings. The van der Waals surface area contributed by atoms with Crippen LogP contribution in [0.2, 0.25) is 0 Å². The SMILES string of the molecule is CC(C)=CCCC(C)=CCCC(C)=CCN1C(=O)c2cccc(OP(=O)(O)O)c2Nc2c(OP(=O)(O)O)cc(OP(=O)(O)O)cc21. The lowest BCUT2D eigenvalue weighted by molar-refractivity contribution is 0.0990.